The summed E-state index contributed by atoms with van der Waals surface area (Å²) in [5.74, 6) is 0.167. The van der Waals surface area contributed by atoms with Crippen LogP contribution < -0.4 is 5.32 Å². The molecule has 0 amide bonds. The van der Waals surface area contributed by atoms with E-state index in [9.17, 15) is 8.42 Å². The van der Waals surface area contributed by atoms with Crippen molar-refractivity contribution in [1.82, 2.24) is 9.62 Å². The molecule has 3 saturated heterocycles. The lowest BCUT2D eigenvalue weighted by Gasteiger charge is -2.36. The van der Waals surface area contributed by atoms with Crippen molar-refractivity contribution in [2.24, 2.45) is 0 Å². The number of hydrogen-bond donors (Lipinski definition) is 1. The Bertz CT molecular complexity index is 422. The van der Waals surface area contributed by atoms with Crippen LogP contribution in [0.25, 0.3) is 0 Å². The molecule has 1 N–H and O–H groups in total. The Morgan fingerprint density at radius 1 is 1.20 bits per heavy atom. The van der Waals surface area contributed by atoms with E-state index < -0.39 is 10.0 Å². The van der Waals surface area contributed by atoms with Gasteiger partial charge in [-0.05, 0) is 38.5 Å². The maximum Gasteiger partial charge on any atom is 0.216 e. The highest BCUT2D eigenvalue weighted by Gasteiger charge is 2.40. The molecule has 3 atom stereocenters. The molecule has 3 fully saturated rings. The Hall–Kier alpha value is -0.170. The zero-order valence-electron chi connectivity index (χ0n) is 12.3. The van der Waals surface area contributed by atoms with Gasteiger partial charge >= 0.3 is 0 Å². The van der Waals surface area contributed by atoms with E-state index in [2.05, 4.69) is 5.32 Å². The fourth-order valence-corrected chi connectivity index (χ4v) is 5.99. The van der Waals surface area contributed by atoms with Crippen LogP contribution in [-0.4, -0.2) is 55.9 Å². The van der Waals surface area contributed by atoms with Crippen LogP contribution in [0.15, 0.2) is 0 Å². The van der Waals surface area contributed by atoms with Crippen LogP contribution >= 0.6 is 0 Å². The van der Waals surface area contributed by atoms with Crippen LogP contribution in [0.3, 0.4) is 0 Å². The first-order chi connectivity index (χ1) is 9.58. The van der Waals surface area contributed by atoms with Gasteiger partial charge in [-0.25, -0.2) is 8.42 Å². The van der Waals surface area contributed by atoms with Gasteiger partial charge in [-0.1, -0.05) is 6.92 Å². The van der Waals surface area contributed by atoms with Crippen molar-refractivity contribution in [3.05, 3.63) is 0 Å². The Labute approximate surface area is 122 Å². The lowest BCUT2D eigenvalue weighted by atomic mass is 10.00. The first-order valence-electron chi connectivity index (χ1n) is 7.95. The summed E-state index contributed by atoms with van der Waals surface area (Å²) in [6.07, 6.45) is 6.12. The Kier molecular flexibility index (Phi) is 4.36. The van der Waals surface area contributed by atoms with Crippen LogP contribution in [0, 0.1) is 0 Å². The van der Waals surface area contributed by atoms with E-state index in [4.69, 9.17) is 4.74 Å². The summed E-state index contributed by atoms with van der Waals surface area (Å²) >= 11 is 0. The first-order valence-corrected chi connectivity index (χ1v) is 9.56. The smallest absolute Gasteiger partial charge is 0.216 e. The summed E-state index contributed by atoms with van der Waals surface area (Å²) in [5, 5.41) is 3.58. The minimum absolute atomic E-state index is 0.0903. The molecule has 3 heterocycles. The monoisotopic (exact) mass is 302 g/mol. The van der Waals surface area contributed by atoms with Crippen molar-refractivity contribution < 1.29 is 13.2 Å². The van der Waals surface area contributed by atoms with E-state index in [1.807, 2.05) is 6.92 Å². The summed E-state index contributed by atoms with van der Waals surface area (Å²) in [6.45, 7) is 3.25. The van der Waals surface area contributed by atoms with Crippen molar-refractivity contribution in [2.45, 2.75) is 69.7 Å². The van der Waals surface area contributed by atoms with Gasteiger partial charge in [0.25, 0.3) is 0 Å². The van der Waals surface area contributed by atoms with Crippen molar-refractivity contribution in [3.8, 4) is 0 Å². The van der Waals surface area contributed by atoms with E-state index in [1.165, 1.54) is 12.8 Å². The molecule has 0 aromatic rings. The van der Waals surface area contributed by atoms with Gasteiger partial charge < -0.3 is 10.1 Å². The largest absolute Gasteiger partial charge is 0.377 e. The summed E-state index contributed by atoms with van der Waals surface area (Å²) in [5.41, 5.74) is 0. The molecule has 0 aromatic heterocycles. The molecular formula is C14H26N2O3S. The number of nitrogens with one attached hydrogen (secondary N) is 1. The van der Waals surface area contributed by atoms with Crippen molar-refractivity contribution in [3.63, 3.8) is 0 Å². The van der Waals surface area contributed by atoms with E-state index in [0.29, 0.717) is 25.2 Å². The molecule has 3 rings (SSSR count). The summed E-state index contributed by atoms with van der Waals surface area (Å²) in [6, 6.07) is 1.22. The van der Waals surface area contributed by atoms with Gasteiger partial charge in [-0.3, -0.25) is 0 Å². The highest BCUT2D eigenvalue weighted by Crippen LogP contribution is 2.31. The molecule has 3 aliphatic rings. The molecule has 0 aliphatic carbocycles. The highest BCUT2D eigenvalue weighted by atomic mass is 32.2. The summed E-state index contributed by atoms with van der Waals surface area (Å²) < 4.78 is 32.6. The number of sulfonamides is 1. The molecule has 6 heteroatoms. The maximum absolute atomic E-state index is 12.7. The van der Waals surface area contributed by atoms with Gasteiger partial charge in [0.1, 0.15) is 0 Å². The van der Waals surface area contributed by atoms with Gasteiger partial charge in [-0.2, -0.15) is 4.31 Å². The van der Waals surface area contributed by atoms with Gasteiger partial charge in [0.2, 0.25) is 10.0 Å². The van der Waals surface area contributed by atoms with E-state index >= 15 is 0 Å². The van der Waals surface area contributed by atoms with E-state index in [-0.39, 0.29) is 17.9 Å². The average molecular weight is 302 g/mol. The third-order valence-electron chi connectivity index (χ3n) is 4.94. The number of nitrogens with zero attached hydrogens (tertiary/aromatic N) is 1. The molecule has 20 heavy (non-hydrogen) atoms. The molecule has 3 aliphatic heterocycles. The van der Waals surface area contributed by atoms with E-state index in [1.54, 1.807) is 4.31 Å². The van der Waals surface area contributed by atoms with Crippen LogP contribution in [0.5, 0.6) is 0 Å². The maximum atomic E-state index is 12.7. The van der Waals surface area contributed by atoms with Crippen molar-refractivity contribution in [1.29, 1.82) is 0 Å². The van der Waals surface area contributed by atoms with E-state index in [0.717, 1.165) is 25.7 Å². The third kappa shape index (κ3) is 3.03. The normalized spacial score (nSPS) is 37.7. The Morgan fingerprint density at radius 3 is 2.45 bits per heavy atom. The number of fused-ring (bicyclic) bond motifs is 2. The number of ether oxygens (including phenoxy) is 1. The average Bonchev–Trinajstić information content (AvgIpc) is 2.99. The predicted molar refractivity (Wildman–Crippen MR) is 78.1 cm³/mol. The molecule has 0 radical (unpaired) electrons. The Balaban J connectivity index is 1.68. The van der Waals surface area contributed by atoms with Crippen molar-refractivity contribution in [2.75, 3.05) is 18.9 Å². The zero-order valence-corrected chi connectivity index (χ0v) is 13.1. The highest BCUT2D eigenvalue weighted by molar-refractivity contribution is 7.89. The van der Waals surface area contributed by atoms with Crippen LogP contribution in [-0.2, 0) is 14.8 Å². The lowest BCUT2D eigenvalue weighted by molar-refractivity contribution is 0.125. The fourth-order valence-electron chi connectivity index (χ4n) is 4.05. The van der Waals surface area contributed by atoms with Crippen molar-refractivity contribution >= 4 is 10.0 Å². The molecule has 116 valence electrons. The van der Waals surface area contributed by atoms with Gasteiger partial charge in [0, 0.05) is 31.3 Å². The SMILES string of the molecule is CCN(C1CC2CCC(C1)N2)S(=O)(=O)CC1CCCO1. The molecule has 2 bridgehead atoms. The number of piperidine rings is 1. The van der Waals surface area contributed by atoms with Crippen LogP contribution in [0.4, 0.5) is 0 Å². The number of rotatable bonds is 5. The second-order valence-electron chi connectivity index (χ2n) is 6.38. The minimum atomic E-state index is -3.19. The fraction of sp³-hybridized carbons (Fsp3) is 1.00. The lowest BCUT2D eigenvalue weighted by Crippen LogP contribution is -2.51. The minimum Gasteiger partial charge on any atom is -0.377 e. The van der Waals surface area contributed by atoms with Gasteiger partial charge in [0.05, 0.1) is 11.9 Å². The number of hydrogen-bond acceptors (Lipinski definition) is 4. The summed E-state index contributed by atoms with van der Waals surface area (Å²) in [4.78, 5) is 0. The molecule has 0 aromatic carbocycles. The standard InChI is InChI=1S/C14H26N2O3S/c1-2-16(13-8-11-5-6-12(9-13)15-11)20(17,18)10-14-4-3-7-19-14/h11-15H,2-10H2,1H3. The second-order valence-corrected chi connectivity index (χ2v) is 8.35. The zero-order chi connectivity index (χ0) is 14.2. The summed E-state index contributed by atoms with van der Waals surface area (Å²) in [7, 11) is -3.19. The molecular weight excluding hydrogens is 276 g/mol. The van der Waals surface area contributed by atoms with Gasteiger partial charge in [-0.15, -0.1) is 0 Å². The third-order valence-corrected chi connectivity index (χ3v) is 7.01. The predicted octanol–water partition coefficient (Wildman–Crippen LogP) is 1.10. The molecule has 5 nitrogen and oxygen atoms in total. The first kappa shape index (κ1) is 14.8. The van der Waals surface area contributed by atoms with Crippen LogP contribution in [0.2, 0.25) is 0 Å². The second kappa shape index (κ2) is 5.91. The molecule has 0 saturated carbocycles. The van der Waals surface area contributed by atoms with Crippen LogP contribution in [0.1, 0.15) is 45.4 Å². The topological polar surface area (TPSA) is 58.6 Å². The Morgan fingerprint density at radius 2 is 1.90 bits per heavy atom. The molecule has 0 spiro atoms. The quantitative estimate of drug-likeness (QED) is 0.826. The van der Waals surface area contributed by atoms with Gasteiger partial charge in [0.15, 0.2) is 0 Å². The molecule has 3 unspecified atom stereocenters.